The Morgan fingerprint density at radius 1 is 0.929 bits per heavy atom. The molecule has 2 amide bonds. The van der Waals surface area contributed by atoms with E-state index >= 15 is 0 Å². The number of amides is 2. The van der Waals surface area contributed by atoms with Crippen LogP contribution in [0.3, 0.4) is 0 Å². The Balaban J connectivity index is 1.83. The lowest BCUT2D eigenvalue weighted by molar-refractivity contribution is -0.123. The maximum Gasteiger partial charge on any atom is 0.230 e. The van der Waals surface area contributed by atoms with Gasteiger partial charge in [-0.05, 0) is 29.7 Å². The Labute approximate surface area is 176 Å². The van der Waals surface area contributed by atoms with Gasteiger partial charge in [0.1, 0.15) is 0 Å². The van der Waals surface area contributed by atoms with Crippen LogP contribution in [0.4, 0.5) is 0 Å². The fourth-order valence-corrected chi connectivity index (χ4v) is 3.84. The van der Waals surface area contributed by atoms with Crippen LogP contribution in [0.5, 0.6) is 0 Å². The third-order valence-electron chi connectivity index (χ3n) is 4.16. The van der Waals surface area contributed by atoms with E-state index in [0.717, 1.165) is 11.1 Å². The summed E-state index contributed by atoms with van der Waals surface area (Å²) in [7, 11) is 0. The fraction of sp³-hybridized carbons (Fsp3) is 0.364. The summed E-state index contributed by atoms with van der Waals surface area (Å²) in [5.41, 5.74) is 2.27. The summed E-state index contributed by atoms with van der Waals surface area (Å²) in [5.74, 6) is 0.375. The highest BCUT2D eigenvalue weighted by molar-refractivity contribution is 8.00. The quantitative estimate of drug-likeness (QED) is 0.561. The zero-order chi connectivity index (χ0) is 20.4. The first-order valence-electron chi connectivity index (χ1n) is 9.44. The third kappa shape index (κ3) is 7.56. The van der Waals surface area contributed by atoms with Crippen molar-refractivity contribution in [3.8, 4) is 0 Å². The lowest BCUT2D eigenvalue weighted by Crippen LogP contribution is -2.32. The van der Waals surface area contributed by atoms with Crippen molar-refractivity contribution in [1.82, 2.24) is 10.6 Å². The molecular weight excluding hydrogens is 392 g/mol. The lowest BCUT2D eigenvalue weighted by Gasteiger charge is -2.18. The summed E-state index contributed by atoms with van der Waals surface area (Å²) in [5, 5.41) is 6.53. The summed E-state index contributed by atoms with van der Waals surface area (Å²) in [6.07, 6.45) is 0.716. The first kappa shape index (κ1) is 22.3. The molecule has 0 aromatic heterocycles. The molecule has 0 aliphatic rings. The van der Waals surface area contributed by atoms with E-state index in [1.165, 1.54) is 0 Å². The van der Waals surface area contributed by atoms with Gasteiger partial charge in [-0.3, -0.25) is 9.59 Å². The maximum absolute atomic E-state index is 12.2. The number of carbonyl (C=O) groups excluding carboxylic acids is 2. The van der Waals surface area contributed by atoms with E-state index in [1.807, 2.05) is 56.3 Å². The van der Waals surface area contributed by atoms with Crippen molar-refractivity contribution in [1.29, 1.82) is 0 Å². The molecule has 0 bridgehead atoms. The van der Waals surface area contributed by atoms with Crippen molar-refractivity contribution in [2.45, 2.75) is 25.5 Å². The highest BCUT2D eigenvalue weighted by atomic mass is 35.5. The van der Waals surface area contributed by atoms with Crippen LogP contribution in [0.1, 0.15) is 36.6 Å². The monoisotopic (exact) mass is 418 g/mol. The van der Waals surface area contributed by atoms with E-state index in [4.69, 9.17) is 11.6 Å². The Kier molecular flexibility index (Phi) is 9.38. The van der Waals surface area contributed by atoms with Crippen molar-refractivity contribution in [2.24, 2.45) is 5.92 Å². The number of benzene rings is 2. The molecule has 2 rings (SSSR count). The molecule has 150 valence electrons. The molecule has 0 saturated heterocycles. The van der Waals surface area contributed by atoms with Gasteiger partial charge < -0.3 is 10.6 Å². The molecule has 0 spiro atoms. The SMILES string of the molecule is CC(C)C(=O)NCCCNC(=O)CSC(c1ccccc1)c1ccc(Cl)cc1. The average Bonchev–Trinajstić information content (AvgIpc) is 2.69. The minimum atomic E-state index is -0.0196. The molecule has 6 heteroatoms. The Bertz CT molecular complexity index is 751. The predicted octanol–water partition coefficient (Wildman–Crippen LogP) is 4.44. The van der Waals surface area contributed by atoms with E-state index in [1.54, 1.807) is 11.8 Å². The van der Waals surface area contributed by atoms with Gasteiger partial charge in [-0.15, -0.1) is 11.8 Å². The normalized spacial score (nSPS) is 11.9. The van der Waals surface area contributed by atoms with Crippen LogP contribution in [-0.4, -0.2) is 30.7 Å². The Morgan fingerprint density at radius 2 is 1.54 bits per heavy atom. The molecule has 0 radical (unpaired) electrons. The largest absolute Gasteiger partial charge is 0.356 e. The first-order chi connectivity index (χ1) is 13.5. The minimum Gasteiger partial charge on any atom is -0.356 e. The van der Waals surface area contributed by atoms with E-state index in [0.29, 0.717) is 30.3 Å². The van der Waals surface area contributed by atoms with Crippen LogP contribution in [0.15, 0.2) is 54.6 Å². The number of halogens is 1. The van der Waals surface area contributed by atoms with Gasteiger partial charge in [-0.25, -0.2) is 0 Å². The second-order valence-corrected chi connectivity index (χ2v) is 8.33. The molecule has 1 atom stereocenters. The number of thioether (sulfide) groups is 1. The summed E-state index contributed by atoms with van der Waals surface area (Å²) in [4.78, 5) is 23.7. The van der Waals surface area contributed by atoms with Gasteiger partial charge in [-0.2, -0.15) is 0 Å². The maximum atomic E-state index is 12.2. The molecule has 2 aromatic rings. The van der Waals surface area contributed by atoms with E-state index in [-0.39, 0.29) is 23.0 Å². The highest BCUT2D eigenvalue weighted by Crippen LogP contribution is 2.35. The number of hydrogen-bond acceptors (Lipinski definition) is 3. The molecule has 4 nitrogen and oxygen atoms in total. The Morgan fingerprint density at radius 3 is 2.18 bits per heavy atom. The summed E-state index contributed by atoms with van der Waals surface area (Å²) in [6, 6.07) is 17.9. The Hall–Kier alpha value is -1.98. The molecule has 2 aromatic carbocycles. The van der Waals surface area contributed by atoms with Crippen LogP contribution < -0.4 is 10.6 Å². The summed E-state index contributed by atoms with van der Waals surface area (Å²) in [6.45, 7) is 4.84. The molecule has 28 heavy (non-hydrogen) atoms. The summed E-state index contributed by atoms with van der Waals surface area (Å²) < 4.78 is 0. The van der Waals surface area contributed by atoms with Gasteiger partial charge in [-0.1, -0.05) is 67.9 Å². The van der Waals surface area contributed by atoms with Crippen LogP contribution >= 0.6 is 23.4 Å². The summed E-state index contributed by atoms with van der Waals surface area (Å²) >= 11 is 7.60. The molecule has 0 heterocycles. The average molecular weight is 419 g/mol. The van der Waals surface area contributed by atoms with Crippen LogP contribution in [0.2, 0.25) is 5.02 Å². The minimum absolute atomic E-state index is 0.00455. The van der Waals surface area contributed by atoms with Gasteiger partial charge in [0.05, 0.1) is 11.0 Å². The van der Waals surface area contributed by atoms with Gasteiger partial charge >= 0.3 is 0 Å². The molecule has 0 saturated carbocycles. The molecule has 0 aliphatic carbocycles. The highest BCUT2D eigenvalue weighted by Gasteiger charge is 2.16. The molecule has 1 unspecified atom stereocenters. The molecule has 0 fully saturated rings. The van der Waals surface area contributed by atoms with Crippen molar-refractivity contribution in [2.75, 3.05) is 18.8 Å². The molecule has 2 N–H and O–H groups in total. The lowest BCUT2D eigenvalue weighted by atomic mass is 10.0. The van der Waals surface area contributed by atoms with E-state index < -0.39 is 0 Å². The van der Waals surface area contributed by atoms with Gasteiger partial charge in [0.2, 0.25) is 11.8 Å². The second-order valence-electron chi connectivity index (χ2n) is 6.80. The van der Waals surface area contributed by atoms with Crippen molar-refractivity contribution < 1.29 is 9.59 Å². The number of nitrogens with one attached hydrogen (secondary N) is 2. The van der Waals surface area contributed by atoms with Crippen LogP contribution in [0, 0.1) is 5.92 Å². The van der Waals surface area contributed by atoms with Crippen molar-refractivity contribution >= 4 is 35.2 Å². The van der Waals surface area contributed by atoms with Gasteiger partial charge in [0.25, 0.3) is 0 Å². The predicted molar refractivity (Wildman–Crippen MR) is 118 cm³/mol. The number of carbonyl (C=O) groups is 2. The zero-order valence-corrected chi connectivity index (χ0v) is 17.9. The number of rotatable bonds is 10. The van der Waals surface area contributed by atoms with Crippen molar-refractivity contribution in [3.05, 3.63) is 70.7 Å². The topological polar surface area (TPSA) is 58.2 Å². The smallest absolute Gasteiger partial charge is 0.230 e. The van der Waals surface area contributed by atoms with E-state index in [2.05, 4.69) is 22.8 Å². The van der Waals surface area contributed by atoms with Crippen LogP contribution in [-0.2, 0) is 9.59 Å². The second kappa shape index (κ2) is 11.8. The van der Waals surface area contributed by atoms with Crippen molar-refractivity contribution in [3.63, 3.8) is 0 Å². The standard InChI is InChI=1S/C22H27ClN2O2S/c1-16(2)22(27)25-14-6-13-24-20(26)15-28-21(17-7-4-3-5-8-17)18-9-11-19(23)12-10-18/h3-5,7-12,16,21H,6,13-15H2,1-2H3,(H,24,26)(H,25,27). The fourth-order valence-electron chi connectivity index (χ4n) is 2.59. The number of hydrogen-bond donors (Lipinski definition) is 2. The molecular formula is C22H27ClN2O2S. The van der Waals surface area contributed by atoms with E-state index in [9.17, 15) is 9.59 Å². The van der Waals surface area contributed by atoms with Crippen LogP contribution in [0.25, 0.3) is 0 Å². The first-order valence-corrected chi connectivity index (χ1v) is 10.9. The van der Waals surface area contributed by atoms with Gasteiger partial charge in [0.15, 0.2) is 0 Å². The van der Waals surface area contributed by atoms with Gasteiger partial charge in [0, 0.05) is 24.0 Å². The third-order valence-corrected chi connectivity index (χ3v) is 5.71. The molecule has 0 aliphatic heterocycles. The zero-order valence-electron chi connectivity index (χ0n) is 16.3.